The zero-order chi connectivity index (χ0) is 9.72. The lowest BCUT2D eigenvalue weighted by Crippen LogP contribution is -1.95. The van der Waals surface area contributed by atoms with E-state index < -0.39 is 0 Å². The largest absolute Gasteiger partial charge is 0.512 e. The first-order valence-electron chi connectivity index (χ1n) is 4.22. The summed E-state index contributed by atoms with van der Waals surface area (Å²) >= 11 is 0. The standard InChI is InChI=1S/C10H18O2/c1-7(2)5-6-10(8(3)11)9(4)12/h7,11-12H,3,5-6H2,1-2,4H3/b10-9-. The SMILES string of the molecule is C=C(O)/C(CCC(C)C)=C(/C)O. The third-order valence-electron chi connectivity index (χ3n) is 1.76. The fraction of sp³-hybridized carbons (Fsp3) is 0.600. The van der Waals surface area contributed by atoms with Gasteiger partial charge in [-0.1, -0.05) is 20.4 Å². The van der Waals surface area contributed by atoms with Gasteiger partial charge in [0.2, 0.25) is 0 Å². The molecule has 0 aromatic heterocycles. The third kappa shape index (κ3) is 4.06. The zero-order valence-corrected chi connectivity index (χ0v) is 8.09. The predicted molar refractivity (Wildman–Crippen MR) is 51.2 cm³/mol. The first-order chi connectivity index (χ1) is 5.45. The van der Waals surface area contributed by atoms with Gasteiger partial charge in [0.05, 0.1) is 5.76 Å². The Morgan fingerprint density at radius 1 is 1.33 bits per heavy atom. The molecule has 0 radical (unpaired) electrons. The molecule has 2 heteroatoms. The Labute approximate surface area is 74.2 Å². The van der Waals surface area contributed by atoms with Crippen LogP contribution in [0.15, 0.2) is 23.7 Å². The van der Waals surface area contributed by atoms with Gasteiger partial charge in [-0.3, -0.25) is 0 Å². The molecule has 0 unspecified atom stereocenters. The predicted octanol–water partition coefficient (Wildman–Crippen LogP) is 3.33. The van der Waals surface area contributed by atoms with E-state index in [1.807, 2.05) is 0 Å². The zero-order valence-electron chi connectivity index (χ0n) is 8.09. The molecule has 0 aliphatic heterocycles. The molecule has 2 N–H and O–H groups in total. The molecule has 0 saturated heterocycles. The maximum Gasteiger partial charge on any atom is 0.114 e. The summed E-state index contributed by atoms with van der Waals surface area (Å²) < 4.78 is 0. The maximum absolute atomic E-state index is 9.15. The van der Waals surface area contributed by atoms with Crippen LogP contribution in [0.25, 0.3) is 0 Å². The van der Waals surface area contributed by atoms with Crippen molar-refractivity contribution in [2.75, 3.05) is 0 Å². The van der Waals surface area contributed by atoms with Crippen LogP contribution >= 0.6 is 0 Å². The van der Waals surface area contributed by atoms with Crippen LogP contribution < -0.4 is 0 Å². The van der Waals surface area contributed by atoms with E-state index in [4.69, 9.17) is 10.2 Å². The molecule has 0 fully saturated rings. The maximum atomic E-state index is 9.15. The highest BCUT2D eigenvalue weighted by molar-refractivity contribution is 5.23. The number of hydrogen-bond donors (Lipinski definition) is 2. The van der Waals surface area contributed by atoms with Gasteiger partial charge in [0.25, 0.3) is 0 Å². The Morgan fingerprint density at radius 3 is 2.08 bits per heavy atom. The first-order valence-corrected chi connectivity index (χ1v) is 4.22. The van der Waals surface area contributed by atoms with E-state index in [1.165, 1.54) is 0 Å². The fourth-order valence-corrected chi connectivity index (χ4v) is 0.967. The van der Waals surface area contributed by atoms with E-state index in [2.05, 4.69) is 20.4 Å². The molecule has 0 aliphatic carbocycles. The Kier molecular flexibility index (Phi) is 4.49. The lowest BCUT2D eigenvalue weighted by Gasteiger charge is -2.08. The number of aliphatic hydroxyl groups excluding tert-OH is 2. The Balaban J connectivity index is 4.18. The van der Waals surface area contributed by atoms with Gasteiger partial charge < -0.3 is 10.2 Å². The molecule has 0 aromatic rings. The Bertz CT molecular complexity index is 186. The van der Waals surface area contributed by atoms with Gasteiger partial charge in [-0.15, -0.1) is 0 Å². The van der Waals surface area contributed by atoms with Crippen LogP contribution in [0.4, 0.5) is 0 Å². The molecule has 0 atom stereocenters. The quantitative estimate of drug-likeness (QED) is 0.502. The summed E-state index contributed by atoms with van der Waals surface area (Å²) in [4.78, 5) is 0. The van der Waals surface area contributed by atoms with Crippen LogP contribution in [0.2, 0.25) is 0 Å². The van der Waals surface area contributed by atoms with Crippen molar-refractivity contribution in [1.82, 2.24) is 0 Å². The van der Waals surface area contributed by atoms with Crippen LogP contribution in [0.3, 0.4) is 0 Å². The fourth-order valence-electron chi connectivity index (χ4n) is 0.967. The molecule has 2 nitrogen and oxygen atoms in total. The van der Waals surface area contributed by atoms with Gasteiger partial charge >= 0.3 is 0 Å². The normalized spacial score (nSPS) is 13.0. The van der Waals surface area contributed by atoms with E-state index in [0.29, 0.717) is 17.9 Å². The molecule has 0 aliphatic rings. The van der Waals surface area contributed by atoms with E-state index in [0.717, 1.165) is 6.42 Å². The van der Waals surface area contributed by atoms with Crippen molar-refractivity contribution in [1.29, 1.82) is 0 Å². The highest BCUT2D eigenvalue weighted by atomic mass is 16.3. The van der Waals surface area contributed by atoms with E-state index >= 15 is 0 Å². The van der Waals surface area contributed by atoms with Crippen molar-refractivity contribution in [2.45, 2.75) is 33.6 Å². The van der Waals surface area contributed by atoms with Crippen molar-refractivity contribution in [3.05, 3.63) is 23.7 Å². The molecule has 0 spiro atoms. The summed E-state index contributed by atoms with van der Waals surface area (Å²) in [6.07, 6.45) is 1.64. The van der Waals surface area contributed by atoms with Crippen molar-refractivity contribution < 1.29 is 10.2 Å². The van der Waals surface area contributed by atoms with E-state index in [1.54, 1.807) is 6.92 Å². The summed E-state index contributed by atoms with van der Waals surface area (Å²) in [5, 5.41) is 18.2. The Morgan fingerprint density at radius 2 is 1.83 bits per heavy atom. The first kappa shape index (κ1) is 11.1. The van der Waals surface area contributed by atoms with E-state index in [9.17, 15) is 0 Å². The van der Waals surface area contributed by atoms with E-state index in [-0.39, 0.29) is 11.5 Å². The van der Waals surface area contributed by atoms with Crippen LogP contribution in [-0.4, -0.2) is 10.2 Å². The monoisotopic (exact) mass is 170 g/mol. The lowest BCUT2D eigenvalue weighted by atomic mass is 10.0. The molecule has 0 heterocycles. The van der Waals surface area contributed by atoms with Gasteiger partial charge in [0.1, 0.15) is 5.76 Å². The topological polar surface area (TPSA) is 40.5 Å². The number of hydrogen-bond acceptors (Lipinski definition) is 2. The summed E-state index contributed by atoms with van der Waals surface area (Å²) in [7, 11) is 0. The highest BCUT2D eigenvalue weighted by Crippen LogP contribution is 2.18. The van der Waals surface area contributed by atoms with Crippen LogP contribution in [0.1, 0.15) is 33.6 Å². The molecule has 0 saturated carbocycles. The summed E-state index contributed by atoms with van der Waals surface area (Å²) in [6, 6.07) is 0. The van der Waals surface area contributed by atoms with Crippen molar-refractivity contribution in [3.63, 3.8) is 0 Å². The third-order valence-corrected chi connectivity index (χ3v) is 1.76. The van der Waals surface area contributed by atoms with Crippen molar-refractivity contribution in [3.8, 4) is 0 Å². The minimum Gasteiger partial charge on any atom is -0.512 e. The molecule has 12 heavy (non-hydrogen) atoms. The van der Waals surface area contributed by atoms with Crippen LogP contribution in [0.5, 0.6) is 0 Å². The van der Waals surface area contributed by atoms with Crippen molar-refractivity contribution in [2.24, 2.45) is 5.92 Å². The molecule has 0 rings (SSSR count). The molecule has 0 aromatic carbocycles. The highest BCUT2D eigenvalue weighted by Gasteiger charge is 2.06. The average Bonchev–Trinajstić information content (AvgIpc) is 1.84. The molecular weight excluding hydrogens is 152 g/mol. The smallest absolute Gasteiger partial charge is 0.114 e. The van der Waals surface area contributed by atoms with Crippen molar-refractivity contribution >= 4 is 0 Å². The lowest BCUT2D eigenvalue weighted by molar-refractivity contribution is 0.373. The summed E-state index contributed by atoms with van der Waals surface area (Å²) in [5.74, 6) is 0.720. The molecular formula is C10H18O2. The second kappa shape index (κ2) is 4.86. The van der Waals surface area contributed by atoms with Gasteiger partial charge in [-0.05, 0) is 25.7 Å². The number of rotatable bonds is 4. The average molecular weight is 170 g/mol. The Hall–Kier alpha value is -0.920. The second-order valence-electron chi connectivity index (χ2n) is 3.44. The van der Waals surface area contributed by atoms with Gasteiger partial charge in [-0.25, -0.2) is 0 Å². The molecule has 70 valence electrons. The van der Waals surface area contributed by atoms with Crippen LogP contribution in [0, 0.1) is 5.92 Å². The van der Waals surface area contributed by atoms with Gasteiger partial charge in [-0.2, -0.15) is 0 Å². The number of aliphatic hydroxyl groups is 2. The van der Waals surface area contributed by atoms with Gasteiger partial charge in [0, 0.05) is 5.57 Å². The van der Waals surface area contributed by atoms with Crippen LogP contribution in [-0.2, 0) is 0 Å². The minimum absolute atomic E-state index is 0.0179. The van der Waals surface area contributed by atoms with Gasteiger partial charge in [0.15, 0.2) is 0 Å². The molecule has 0 bridgehead atoms. The summed E-state index contributed by atoms with van der Waals surface area (Å²) in [6.45, 7) is 9.16. The second-order valence-corrected chi connectivity index (χ2v) is 3.44. The molecule has 0 amide bonds. The summed E-state index contributed by atoms with van der Waals surface area (Å²) in [5.41, 5.74) is 0.573. The number of allylic oxidation sites excluding steroid dienone is 2. The minimum atomic E-state index is -0.0179.